The third-order valence-corrected chi connectivity index (χ3v) is 3.79. The van der Waals surface area contributed by atoms with E-state index in [0.717, 1.165) is 4.70 Å². The van der Waals surface area contributed by atoms with Crippen molar-refractivity contribution < 1.29 is 23.8 Å². The fourth-order valence-electron chi connectivity index (χ4n) is 1.75. The number of benzene rings is 1. The predicted octanol–water partition coefficient (Wildman–Crippen LogP) is 2.48. The van der Waals surface area contributed by atoms with Crippen LogP contribution in [0.15, 0.2) is 18.2 Å². The third-order valence-electron chi connectivity index (χ3n) is 2.66. The molecule has 0 N–H and O–H groups in total. The molecule has 0 amide bonds. The number of hydrogen-bond acceptors (Lipinski definition) is 6. The summed E-state index contributed by atoms with van der Waals surface area (Å²) in [6.07, 6.45) is 0. The van der Waals surface area contributed by atoms with Crippen LogP contribution >= 0.6 is 11.3 Å². The summed E-state index contributed by atoms with van der Waals surface area (Å²) in [5, 5.41) is 0.651. The van der Waals surface area contributed by atoms with Crippen LogP contribution in [0.1, 0.15) is 20.0 Å². The Morgan fingerprint density at radius 3 is 2.32 bits per heavy atom. The van der Waals surface area contributed by atoms with Crippen molar-refractivity contribution in [1.29, 1.82) is 0 Å². The molecule has 1 aromatic heterocycles. The monoisotopic (exact) mass is 280 g/mol. The van der Waals surface area contributed by atoms with E-state index >= 15 is 0 Å². The van der Waals surface area contributed by atoms with Gasteiger partial charge in [-0.1, -0.05) is 0 Å². The van der Waals surface area contributed by atoms with Crippen molar-refractivity contribution in [3.63, 3.8) is 0 Å². The van der Waals surface area contributed by atoms with E-state index in [9.17, 15) is 9.59 Å². The molecule has 0 aliphatic heterocycles. The molecule has 1 heterocycles. The topological polar surface area (TPSA) is 61.8 Å². The van der Waals surface area contributed by atoms with Crippen LogP contribution < -0.4 is 4.74 Å². The Hall–Kier alpha value is -2.08. The first kappa shape index (κ1) is 13.4. The summed E-state index contributed by atoms with van der Waals surface area (Å²) < 4.78 is 15.3. The highest BCUT2D eigenvalue weighted by Crippen LogP contribution is 2.34. The normalized spacial score (nSPS) is 10.3. The Morgan fingerprint density at radius 2 is 1.74 bits per heavy atom. The number of fused-ring (bicyclic) bond motifs is 1. The van der Waals surface area contributed by atoms with Crippen molar-refractivity contribution >= 4 is 33.4 Å². The molecular weight excluding hydrogens is 268 g/mol. The first-order chi connectivity index (χ1) is 9.12. The van der Waals surface area contributed by atoms with E-state index in [2.05, 4.69) is 0 Å². The van der Waals surface area contributed by atoms with Gasteiger partial charge in [-0.2, -0.15) is 0 Å². The van der Waals surface area contributed by atoms with Gasteiger partial charge >= 0.3 is 11.9 Å². The predicted molar refractivity (Wildman–Crippen MR) is 71.1 cm³/mol. The molecule has 0 saturated carbocycles. The molecule has 0 saturated heterocycles. The van der Waals surface area contributed by atoms with Gasteiger partial charge in [0.2, 0.25) is 0 Å². The van der Waals surface area contributed by atoms with E-state index in [1.54, 1.807) is 25.3 Å². The van der Waals surface area contributed by atoms with Crippen molar-refractivity contribution in [1.82, 2.24) is 0 Å². The molecule has 1 aromatic carbocycles. The summed E-state index contributed by atoms with van der Waals surface area (Å²) in [5.74, 6) is -0.459. The fraction of sp³-hybridized carbons (Fsp3) is 0.231. The lowest BCUT2D eigenvalue weighted by atomic mass is 10.1. The van der Waals surface area contributed by atoms with Gasteiger partial charge in [0.25, 0.3) is 0 Å². The van der Waals surface area contributed by atoms with Crippen LogP contribution in [0.4, 0.5) is 0 Å². The minimum atomic E-state index is -0.559. The van der Waals surface area contributed by atoms with Gasteiger partial charge < -0.3 is 14.2 Å². The van der Waals surface area contributed by atoms with Gasteiger partial charge in [-0.3, -0.25) is 0 Å². The van der Waals surface area contributed by atoms with Crippen LogP contribution in [0.5, 0.6) is 5.75 Å². The lowest BCUT2D eigenvalue weighted by molar-refractivity contribution is 0.0561. The number of hydrogen-bond donors (Lipinski definition) is 0. The summed E-state index contributed by atoms with van der Waals surface area (Å²) in [6.45, 7) is 0. The Bertz CT molecular complexity index is 644. The van der Waals surface area contributed by atoms with Gasteiger partial charge in [0.05, 0.1) is 26.9 Å². The molecule has 0 spiro atoms. The summed E-state index contributed by atoms with van der Waals surface area (Å²) in [6, 6.07) is 5.21. The van der Waals surface area contributed by atoms with Crippen LogP contribution in [-0.4, -0.2) is 33.3 Å². The molecular formula is C13H12O5S. The van der Waals surface area contributed by atoms with Gasteiger partial charge in [-0.05, 0) is 18.2 Å². The van der Waals surface area contributed by atoms with Crippen LogP contribution in [0.25, 0.3) is 10.1 Å². The molecule has 0 radical (unpaired) electrons. The van der Waals surface area contributed by atoms with Crippen molar-refractivity contribution in [2.24, 2.45) is 0 Å². The summed E-state index contributed by atoms with van der Waals surface area (Å²) in [4.78, 5) is 23.8. The van der Waals surface area contributed by atoms with Gasteiger partial charge in [-0.15, -0.1) is 11.3 Å². The number of esters is 2. The number of carbonyl (C=O) groups is 2. The van der Waals surface area contributed by atoms with Gasteiger partial charge in [0, 0.05) is 10.1 Å². The maximum Gasteiger partial charge on any atom is 0.348 e. The number of carbonyl (C=O) groups excluding carboxylic acids is 2. The second-order valence-corrected chi connectivity index (χ2v) is 4.70. The van der Waals surface area contributed by atoms with E-state index in [4.69, 9.17) is 14.2 Å². The zero-order chi connectivity index (χ0) is 14.0. The molecule has 2 aromatic rings. The Morgan fingerprint density at radius 1 is 1.05 bits per heavy atom. The van der Waals surface area contributed by atoms with Crippen molar-refractivity contribution in [3.05, 3.63) is 28.6 Å². The number of ether oxygens (including phenoxy) is 3. The molecule has 0 fully saturated rings. The van der Waals surface area contributed by atoms with Crippen molar-refractivity contribution in [2.45, 2.75) is 0 Å². The second-order valence-electron chi connectivity index (χ2n) is 3.65. The molecule has 0 aliphatic carbocycles. The van der Waals surface area contributed by atoms with Crippen LogP contribution in [0.2, 0.25) is 0 Å². The highest BCUT2D eigenvalue weighted by atomic mass is 32.1. The van der Waals surface area contributed by atoms with E-state index in [-0.39, 0.29) is 10.4 Å². The largest absolute Gasteiger partial charge is 0.497 e. The lowest BCUT2D eigenvalue weighted by Crippen LogP contribution is -2.08. The zero-order valence-electron chi connectivity index (χ0n) is 10.7. The first-order valence-corrected chi connectivity index (χ1v) is 6.21. The lowest BCUT2D eigenvalue weighted by Gasteiger charge is -2.01. The average Bonchev–Trinajstić information content (AvgIpc) is 2.83. The van der Waals surface area contributed by atoms with Crippen LogP contribution in [0, 0.1) is 0 Å². The zero-order valence-corrected chi connectivity index (χ0v) is 11.5. The smallest absolute Gasteiger partial charge is 0.348 e. The standard InChI is InChI=1S/C13H12O5S/c1-16-7-4-5-8-9(6-7)19-11(13(15)18-3)10(8)12(14)17-2/h4-6H,1-3H3. The Labute approximate surface area is 113 Å². The Balaban J connectivity index is 2.72. The molecule has 19 heavy (non-hydrogen) atoms. The number of rotatable bonds is 3. The molecule has 0 unspecified atom stereocenters. The molecule has 0 atom stereocenters. The maximum atomic E-state index is 11.8. The second kappa shape index (κ2) is 5.27. The number of thiophene rings is 1. The van der Waals surface area contributed by atoms with Crippen molar-refractivity contribution in [3.8, 4) is 5.75 Å². The Kier molecular flexibility index (Phi) is 3.71. The van der Waals surface area contributed by atoms with Gasteiger partial charge in [0.1, 0.15) is 10.6 Å². The average molecular weight is 280 g/mol. The minimum Gasteiger partial charge on any atom is -0.497 e. The number of methoxy groups -OCH3 is 3. The molecule has 0 bridgehead atoms. The molecule has 100 valence electrons. The van der Waals surface area contributed by atoms with Gasteiger partial charge in [-0.25, -0.2) is 9.59 Å². The summed E-state index contributed by atoms with van der Waals surface area (Å²) in [5.41, 5.74) is 0.233. The summed E-state index contributed by atoms with van der Waals surface area (Å²) >= 11 is 1.17. The fourth-order valence-corrected chi connectivity index (χ4v) is 2.88. The molecule has 6 heteroatoms. The molecule has 5 nitrogen and oxygen atoms in total. The highest BCUT2D eigenvalue weighted by molar-refractivity contribution is 7.21. The van der Waals surface area contributed by atoms with Crippen LogP contribution in [-0.2, 0) is 9.47 Å². The van der Waals surface area contributed by atoms with E-state index < -0.39 is 11.9 Å². The molecule has 0 aliphatic rings. The first-order valence-electron chi connectivity index (χ1n) is 5.39. The van der Waals surface area contributed by atoms with Gasteiger partial charge in [0.15, 0.2) is 0 Å². The quantitative estimate of drug-likeness (QED) is 0.808. The summed E-state index contributed by atoms with van der Waals surface area (Å²) in [7, 11) is 4.10. The highest BCUT2D eigenvalue weighted by Gasteiger charge is 2.25. The SMILES string of the molecule is COC(=O)c1sc2cc(OC)ccc2c1C(=O)OC. The van der Waals surface area contributed by atoms with E-state index in [1.807, 2.05) is 0 Å². The van der Waals surface area contributed by atoms with Crippen molar-refractivity contribution in [2.75, 3.05) is 21.3 Å². The third kappa shape index (κ3) is 2.26. The van der Waals surface area contributed by atoms with E-state index in [1.165, 1.54) is 25.6 Å². The minimum absolute atomic E-state index is 0.233. The van der Waals surface area contributed by atoms with E-state index in [0.29, 0.717) is 11.1 Å². The van der Waals surface area contributed by atoms with Crippen LogP contribution in [0.3, 0.4) is 0 Å². The maximum absolute atomic E-state index is 11.8. The molecule has 2 rings (SSSR count).